The molecule has 2 aromatic rings. The second kappa shape index (κ2) is 7.35. The van der Waals surface area contributed by atoms with E-state index in [1.807, 2.05) is 0 Å². The zero-order valence-electron chi connectivity index (χ0n) is 14.0. The van der Waals surface area contributed by atoms with Gasteiger partial charge >= 0.3 is 0 Å². The third-order valence-electron chi connectivity index (χ3n) is 3.65. The van der Waals surface area contributed by atoms with Gasteiger partial charge in [-0.25, -0.2) is 16.8 Å². The van der Waals surface area contributed by atoms with Crippen molar-refractivity contribution in [2.24, 2.45) is 0 Å². The predicted molar refractivity (Wildman–Crippen MR) is 96.7 cm³/mol. The molecule has 0 heterocycles. The molecule has 0 saturated heterocycles. The fraction of sp³-hybridized carbons (Fsp3) is 0.133. The SMILES string of the molecule is CC(=O)c1ccc(S(=O)(=O)N(C)S(=O)(=O)c2ccc(Cl)c([N+](=O)[O-])c2)cc1. The maximum atomic E-state index is 12.6. The van der Waals surface area contributed by atoms with Gasteiger partial charge < -0.3 is 0 Å². The lowest BCUT2D eigenvalue weighted by atomic mass is 10.2. The fourth-order valence-corrected chi connectivity index (χ4v) is 5.39. The first-order valence-corrected chi connectivity index (χ1v) is 10.4. The van der Waals surface area contributed by atoms with Crippen LogP contribution in [0, 0.1) is 10.1 Å². The van der Waals surface area contributed by atoms with E-state index in [0.717, 1.165) is 31.3 Å². The summed E-state index contributed by atoms with van der Waals surface area (Å²) in [5.74, 6) is -0.284. The van der Waals surface area contributed by atoms with E-state index in [1.54, 1.807) is 0 Å². The second-order valence-electron chi connectivity index (χ2n) is 5.34. The monoisotopic (exact) mass is 432 g/mol. The van der Waals surface area contributed by atoms with Crippen LogP contribution in [-0.4, -0.2) is 38.3 Å². The van der Waals surface area contributed by atoms with Crippen LogP contribution in [0.4, 0.5) is 5.69 Å². The van der Waals surface area contributed by atoms with Gasteiger partial charge in [-0.05, 0) is 31.2 Å². The van der Waals surface area contributed by atoms with Crippen LogP contribution in [0.3, 0.4) is 0 Å². The summed E-state index contributed by atoms with van der Waals surface area (Å²) >= 11 is 5.65. The normalized spacial score (nSPS) is 12.1. The number of nitrogens with zero attached hydrogens (tertiary/aromatic N) is 2. The smallest absolute Gasteiger partial charge is 0.289 e. The van der Waals surface area contributed by atoms with E-state index in [0.29, 0.717) is 6.07 Å². The van der Waals surface area contributed by atoms with Crippen LogP contribution in [0.2, 0.25) is 5.02 Å². The van der Waals surface area contributed by atoms with Crippen molar-refractivity contribution >= 4 is 43.1 Å². The van der Waals surface area contributed by atoms with Crippen molar-refractivity contribution in [3.63, 3.8) is 0 Å². The van der Waals surface area contributed by atoms with Crippen LogP contribution in [0.25, 0.3) is 0 Å². The van der Waals surface area contributed by atoms with Gasteiger partial charge in [0.2, 0.25) is 0 Å². The molecule has 9 nitrogen and oxygen atoms in total. The first-order chi connectivity index (χ1) is 12.4. The molecule has 0 fully saturated rings. The molecule has 27 heavy (non-hydrogen) atoms. The fourth-order valence-electron chi connectivity index (χ4n) is 2.08. The summed E-state index contributed by atoms with van der Waals surface area (Å²) in [5.41, 5.74) is -0.415. The number of hydrogen-bond donors (Lipinski definition) is 0. The van der Waals surface area contributed by atoms with E-state index in [-0.39, 0.29) is 25.0 Å². The highest BCUT2D eigenvalue weighted by Crippen LogP contribution is 2.30. The molecule has 144 valence electrons. The van der Waals surface area contributed by atoms with Gasteiger partial charge in [-0.2, -0.15) is 0 Å². The third-order valence-corrected chi connectivity index (χ3v) is 8.22. The molecule has 0 amide bonds. The van der Waals surface area contributed by atoms with Crippen LogP contribution in [0.5, 0.6) is 0 Å². The highest BCUT2D eigenvalue weighted by molar-refractivity contribution is 8.04. The summed E-state index contributed by atoms with van der Waals surface area (Å²) in [6.45, 7) is 1.30. The number of benzene rings is 2. The maximum Gasteiger partial charge on any atom is 0.289 e. The molecule has 0 spiro atoms. The van der Waals surface area contributed by atoms with Crippen LogP contribution >= 0.6 is 11.6 Å². The van der Waals surface area contributed by atoms with Gasteiger partial charge in [-0.1, -0.05) is 27.4 Å². The number of carbonyl (C=O) groups excluding carboxylic acids is 1. The van der Waals surface area contributed by atoms with Gasteiger partial charge in [0.25, 0.3) is 25.7 Å². The molecule has 0 atom stereocenters. The van der Waals surface area contributed by atoms with E-state index in [1.165, 1.54) is 19.1 Å². The average molecular weight is 433 g/mol. The van der Waals surface area contributed by atoms with Crippen LogP contribution < -0.4 is 0 Å². The minimum Gasteiger partial charge on any atom is -0.295 e. The summed E-state index contributed by atoms with van der Waals surface area (Å²) in [4.78, 5) is 20.4. The molecule has 0 aliphatic rings. The zero-order valence-corrected chi connectivity index (χ0v) is 16.4. The van der Waals surface area contributed by atoms with Crippen molar-refractivity contribution < 1.29 is 26.6 Å². The largest absolute Gasteiger partial charge is 0.295 e. The molecule has 0 saturated carbocycles. The predicted octanol–water partition coefficient (Wildman–Crippen LogP) is 2.46. The molecule has 2 rings (SSSR count). The van der Waals surface area contributed by atoms with Gasteiger partial charge in [0.15, 0.2) is 5.78 Å². The minimum absolute atomic E-state index is 0.107. The Morgan fingerprint density at radius 1 is 1.00 bits per heavy atom. The van der Waals surface area contributed by atoms with Crippen LogP contribution in [0.1, 0.15) is 17.3 Å². The zero-order chi connectivity index (χ0) is 20.6. The van der Waals surface area contributed by atoms with Crippen LogP contribution in [-0.2, 0) is 20.0 Å². The first-order valence-electron chi connectivity index (χ1n) is 7.18. The molecule has 0 radical (unpaired) electrons. The maximum absolute atomic E-state index is 12.6. The first kappa shape index (κ1) is 21.0. The molecule has 0 aliphatic heterocycles. The molecular formula is C15H13ClN2O7S2. The van der Waals surface area contributed by atoms with E-state index in [9.17, 15) is 31.7 Å². The lowest BCUT2D eigenvalue weighted by molar-refractivity contribution is -0.384. The second-order valence-corrected chi connectivity index (χ2v) is 9.92. The van der Waals surface area contributed by atoms with Gasteiger partial charge in [-0.3, -0.25) is 14.9 Å². The summed E-state index contributed by atoms with van der Waals surface area (Å²) in [7, 11) is -8.32. The number of ketones is 1. The van der Waals surface area contributed by atoms with Crippen molar-refractivity contribution in [2.75, 3.05) is 7.05 Å². The lowest BCUT2D eigenvalue weighted by Crippen LogP contribution is -2.33. The number of halogens is 1. The Balaban J connectivity index is 2.51. The van der Waals surface area contributed by atoms with Crippen molar-refractivity contribution in [1.82, 2.24) is 3.71 Å². The van der Waals surface area contributed by atoms with Crippen molar-refractivity contribution in [3.8, 4) is 0 Å². The average Bonchev–Trinajstić information content (AvgIpc) is 2.60. The van der Waals surface area contributed by atoms with E-state index >= 15 is 0 Å². The van der Waals surface area contributed by atoms with E-state index in [2.05, 4.69) is 0 Å². The van der Waals surface area contributed by atoms with Crippen LogP contribution in [0.15, 0.2) is 52.3 Å². The van der Waals surface area contributed by atoms with Crippen molar-refractivity contribution in [3.05, 3.63) is 63.2 Å². The van der Waals surface area contributed by atoms with Gasteiger partial charge in [0.05, 0.1) is 14.7 Å². The van der Waals surface area contributed by atoms with Crippen molar-refractivity contribution in [1.29, 1.82) is 0 Å². The standard InChI is InChI=1S/C15H13ClN2O7S2/c1-10(19)11-3-5-12(6-4-11)26(22,23)17(2)27(24,25)13-7-8-14(16)15(9-13)18(20)21/h3-9H,1-2H3. The molecule has 12 heteroatoms. The number of nitro benzene ring substituents is 1. The Morgan fingerprint density at radius 2 is 1.48 bits per heavy atom. The molecule has 0 aromatic heterocycles. The number of carbonyl (C=O) groups is 1. The quantitative estimate of drug-likeness (QED) is 0.389. The Morgan fingerprint density at radius 3 is 1.96 bits per heavy atom. The van der Waals surface area contributed by atoms with E-state index < -0.39 is 35.6 Å². The number of sulfonamides is 2. The van der Waals surface area contributed by atoms with Gasteiger partial charge in [0.1, 0.15) is 5.02 Å². The summed E-state index contributed by atoms with van der Waals surface area (Å²) < 4.78 is 50.6. The highest BCUT2D eigenvalue weighted by atomic mass is 35.5. The Kier molecular flexibility index (Phi) is 5.71. The highest BCUT2D eigenvalue weighted by Gasteiger charge is 2.34. The Hall–Kier alpha value is -2.34. The number of hydrogen-bond acceptors (Lipinski definition) is 7. The Labute approximate surface area is 160 Å². The van der Waals surface area contributed by atoms with E-state index in [4.69, 9.17) is 11.6 Å². The van der Waals surface area contributed by atoms with Crippen molar-refractivity contribution in [2.45, 2.75) is 16.7 Å². The lowest BCUT2D eigenvalue weighted by Gasteiger charge is -2.17. The van der Waals surface area contributed by atoms with Gasteiger partial charge in [-0.15, -0.1) is 0 Å². The summed E-state index contributed by atoms with van der Waals surface area (Å²) in [5, 5.41) is 10.7. The molecule has 2 aromatic carbocycles. The summed E-state index contributed by atoms with van der Waals surface area (Å²) in [6, 6.07) is 7.35. The molecule has 0 unspecified atom stereocenters. The number of Topliss-reactive ketones (excluding diaryl/α,β-unsaturated/α-hetero) is 1. The third kappa shape index (κ3) is 4.00. The number of nitro groups is 1. The summed E-state index contributed by atoms with van der Waals surface area (Å²) in [6.07, 6.45) is 0. The molecule has 0 aliphatic carbocycles. The topological polar surface area (TPSA) is 132 Å². The number of rotatable bonds is 6. The molecule has 0 N–H and O–H groups in total. The van der Waals surface area contributed by atoms with Gasteiger partial charge in [0, 0.05) is 18.7 Å². The molecule has 0 bridgehead atoms. The molecular weight excluding hydrogens is 420 g/mol. The Bertz CT molecular complexity index is 1130. The minimum atomic E-state index is -4.63.